The molecule has 1 N–H and O–H groups in total. The molecular formula is C18H27N3O3S. The summed E-state index contributed by atoms with van der Waals surface area (Å²) in [4.78, 5) is 15.5. The van der Waals surface area contributed by atoms with Crippen LogP contribution >= 0.6 is 12.2 Å². The molecule has 0 bridgehead atoms. The normalized spacial score (nSPS) is 14.7. The summed E-state index contributed by atoms with van der Waals surface area (Å²) in [6.07, 6.45) is 1.78. The van der Waals surface area contributed by atoms with Crippen LogP contribution in [0.2, 0.25) is 0 Å². The van der Waals surface area contributed by atoms with Crippen LogP contribution < -0.4 is 14.8 Å². The molecule has 1 amide bonds. The second kappa shape index (κ2) is 9.46. The molecular weight excluding hydrogens is 338 g/mol. The molecule has 0 aliphatic carbocycles. The van der Waals surface area contributed by atoms with Gasteiger partial charge < -0.3 is 24.6 Å². The van der Waals surface area contributed by atoms with Crippen molar-refractivity contribution in [2.75, 3.05) is 46.9 Å². The molecule has 1 fully saturated rings. The highest BCUT2D eigenvalue weighted by molar-refractivity contribution is 7.80. The minimum atomic E-state index is 0.134. The Bertz CT molecular complexity index is 609. The number of ether oxygens (including phenoxy) is 2. The van der Waals surface area contributed by atoms with E-state index in [1.807, 2.05) is 23.1 Å². The average Bonchev–Trinajstić information content (AvgIpc) is 2.87. The summed E-state index contributed by atoms with van der Waals surface area (Å²) in [6, 6.07) is 5.93. The van der Waals surface area contributed by atoms with Crippen molar-refractivity contribution in [3.8, 4) is 11.5 Å². The van der Waals surface area contributed by atoms with Crippen LogP contribution in [0.25, 0.3) is 0 Å². The molecule has 0 spiro atoms. The second-order valence-corrected chi connectivity index (χ2v) is 6.40. The molecule has 1 aromatic rings. The Balaban J connectivity index is 1.81. The van der Waals surface area contributed by atoms with Crippen molar-refractivity contribution in [1.29, 1.82) is 0 Å². The lowest BCUT2D eigenvalue weighted by Crippen LogP contribution is -2.42. The third-order valence-electron chi connectivity index (χ3n) is 4.37. The zero-order valence-corrected chi connectivity index (χ0v) is 16.0. The van der Waals surface area contributed by atoms with Gasteiger partial charge in [0.1, 0.15) is 0 Å². The van der Waals surface area contributed by atoms with Crippen LogP contribution in [-0.2, 0) is 11.2 Å². The maximum absolute atomic E-state index is 11.5. The summed E-state index contributed by atoms with van der Waals surface area (Å²) < 4.78 is 10.6. The highest BCUT2D eigenvalue weighted by atomic mass is 32.1. The minimum absolute atomic E-state index is 0.134. The van der Waals surface area contributed by atoms with E-state index in [1.54, 1.807) is 21.1 Å². The summed E-state index contributed by atoms with van der Waals surface area (Å²) in [7, 11) is 3.27. The summed E-state index contributed by atoms with van der Waals surface area (Å²) >= 11 is 5.51. The molecule has 138 valence electrons. The number of rotatable bonds is 5. The zero-order chi connectivity index (χ0) is 18.2. The fraction of sp³-hybridized carbons (Fsp3) is 0.556. The van der Waals surface area contributed by atoms with Crippen LogP contribution in [-0.4, -0.2) is 67.8 Å². The number of methoxy groups -OCH3 is 2. The number of benzene rings is 1. The van der Waals surface area contributed by atoms with Gasteiger partial charge in [0.2, 0.25) is 5.91 Å². The van der Waals surface area contributed by atoms with Gasteiger partial charge in [-0.3, -0.25) is 4.79 Å². The van der Waals surface area contributed by atoms with Gasteiger partial charge >= 0.3 is 0 Å². The molecule has 1 aliphatic rings. The van der Waals surface area contributed by atoms with Crippen LogP contribution in [0.15, 0.2) is 18.2 Å². The van der Waals surface area contributed by atoms with Gasteiger partial charge in [0.05, 0.1) is 14.2 Å². The van der Waals surface area contributed by atoms with E-state index in [2.05, 4.69) is 10.2 Å². The lowest BCUT2D eigenvalue weighted by Gasteiger charge is -2.24. The predicted octanol–water partition coefficient (Wildman–Crippen LogP) is 1.68. The molecule has 25 heavy (non-hydrogen) atoms. The average molecular weight is 365 g/mol. The monoisotopic (exact) mass is 365 g/mol. The third-order valence-corrected chi connectivity index (χ3v) is 4.77. The number of thiocarbonyl (C=S) groups is 1. The van der Waals surface area contributed by atoms with E-state index < -0.39 is 0 Å². The van der Waals surface area contributed by atoms with E-state index in [0.29, 0.717) is 0 Å². The molecule has 0 saturated carbocycles. The van der Waals surface area contributed by atoms with Gasteiger partial charge in [-0.1, -0.05) is 6.07 Å². The van der Waals surface area contributed by atoms with Gasteiger partial charge in [0, 0.05) is 39.6 Å². The van der Waals surface area contributed by atoms with E-state index in [-0.39, 0.29) is 5.91 Å². The predicted molar refractivity (Wildman–Crippen MR) is 102 cm³/mol. The van der Waals surface area contributed by atoms with Gasteiger partial charge in [-0.05, 0) is 42.8 Å². The van der Waals surface area contributed by atoms with Crippen LogP contribution in [0.4, 0.5) is 0 Å². The molecule has 1 heterocycles. The largest absolute Gasteiger partial charge is 0.493 e. The highest BCUT2D eigenvalue weighted by Crippen LogP contribution is 2.27. The van der Waals surface area contributed by atoms with Crippen molar-refractivity contribution in [2.45, 2.75) is 19.8 Å². The number of nitrogens with zero attached hydrogens (tertiary/aromatic N) is 2. The number of nitrogens with one attached hydrogen (secondary N) is 1. The van der Waals surface area contributed by atoms with Gasteiger partial charge in [-0.25, -0.2) is 0 Å². The Morgan fingerprint density at radius 1 is 1.12 bits per heavy atom. The molecule has 0 radical (unpaired) electrons. The number of hydrogen-bond acceptors (Lipinski definition) is 4. The van der Waals surface area contributed by atoms with Crippen LogP contribution in [0.1, 0.15) is 18.9 Å². The number of amides is 1. The molecule has 1 aromatic carbocycles. The lowest BCUT2D eigenvalue weighted by molar-refractivity contribution is -0.128. The standard InChI is InChI=1S/C18H27N3O3S/c1-14(22)20-9-4-10-21(12-11-20)18(25)19-8-7-15-5-6-16(23-2)17(13-15)24-3/h5-6,13H,4,7-12H2,1-3H3,(H,19,25). The summed E-state index contributed by atoms with van der Waals surface area (Å²) in [5, 5.41) is 4.08. The fourth-order valence-corrected chi connectivity index (χ4v) is 3.18. The second-order valence-electron chi connectivity index (χ2n) is 6.02. The van der Waals surface area contributed by atoms with E-state index in [0.717, 1.165) is 67.7 Å². The Kier molecular flexibility index (Phi) is 7.31. The van der Waals surface area contributed by atoms with Crippen LogP contribution in [0.3, 0.4) is 0 Å². The fourth-order valence-electron chi connectivity index (χ4n) is 2.90. The summed E-state index contributed by atoms with van der Waals surface area (Å²) in [6.45, 7) is 5.57. The Morgan fingerprint density at radius 3 is 2.48 bits per heavy atom. The molecule has 1 aliphatic heterocycles. The molecule has 0 unspecified atom stereocenters. The van der Waals surface area contributed by atoms with Gasteiger partial charge in [-0.2, -0.15) is 0 Å². The molecule has 1 saturated heterocycles. The number of hydrogen-bond donors (Lipinski definition) is 1. The molecule has 0 atom stereocenters. The first-order valence-corrected chi connectivity index (χ1v) is 8.95. The van der Waals surface area contributed by atoms with Crippen molar-refractivity contribution in [2.24, 2.45) is 0 Å². The number of carbonyl (C=O) groups is 1. The smallest absolute Gasteiger partial charge is 0.219 e. The molecule has 6 nitrogen and oxygen atoms in total. The van der Waals surface area contributed by atoms with E-state index in [9.17, 15) is 4.79 Å². The minimum Gasteiger partial charge on any atom is -0.493 e. The maximum Gasteiger partial charge on any atom is 0.219 e. The third kappa shape index (κ3) is 5.49. The van der Waals surface area contributed by atoms with Crippen LogP contribution in [0.5, 0.6) is 11.5 Å². The summed E-state index contributed by atoms with van der Waals surface area (Å²) in [5.41, 5.74) is 1.16. The zero-order valence-electron chi connectivity index (χ0n) is 15.2. The molecule has 7 heteroatoms. The Morgan fingerprint density at radius 2 is 1.80 bits per heavy atom. The quantitative estimate of drug-likeness (QED) is 0.802. The number of carbonyl (C=O) groups excluding carboxylic acids is 1. The summed E-state index contributed by atoms with van der Waals surface area (Å²) in [5.74, 6) is 1.60. The first-order valence-electron chi connectivity index (χ1n) is 8.54. The van der Waals surface area contributed by atoms with E-state index in [4.69, 9.17) is 21.7 Å². The first-order chi connectivity index (χ1) is 12.0. The first kappa shape index (κ1) is 19.3. The topological polar surface area (TPSA) is 54.0 Å². The Hall–Kier alpha value is -2.02. The van der Waals surface area contributed by atoms with Gasteiger partial charge in [-0.15, -0.1) is 0 Å². The van der Waals surface area contributed by atoms with Crippen LogP contribution in [0, 0.1) is 0 Å². The van der Waals surface area contributed by atoms with Crippen molar-refractivity contribution in [3.05, 3.63) is 23.8 Å². The lowest BCUT2D eigenvalue weighted by atomic mass is 10.1. The molecule has 2 rings (SSSR count). The van der Waals surface area contributed by atoms with E-state index >= 15 is 0 Å². The highest BCUT2D eigenvalue weighted by Gasteiger charge is 2.18. The van der Waals surface area contributed by atoms with Crippen molar-refractivity contribution >= 4 is 23.2 Å². The van der Waals surface area contributed by atoms with E-state index in [1.165, 1.54) is 0 Å². The molecule has 0 aromatic heterocycles. The maximum atomic E-state index is 11.5. The van der Waals surface area contributed by atoms with Gasteiger partial charge in [0.15, 0.2) is 16.6 Å². The van der Waals surface area contributed by atoms with Crippen molar-refractivity contribution < 1.29 is 14.3 Å². The van der Waals surface area contributed by atoms with Crippen molar-refractivity contribution in [3.63, 3.8) is 0 Å². The Labute approximate surface area is 155 Å². The SMILES string of the molecule is COc1ccc(CCNC(=S)N2CCCN(C(C)=O)CC2)cc1OC. The van der Waals surface area contributed by atoms with Gasteiger partial charge in [0.25, 0.3) is 0 Å². The van der Waals surface area contributed by atoms with Crippen molar-refractivity contribution in [1.82, 2.24) is 15.1 Å².